The Labute approximate surface area is 91.2 Å². The quantitative estimate of drug-likeness (QED) is 0.552. The third kappa shape index (κ3) is 1.97. The molecular weight excluding hydrogens is 214 g/mol. The summed E-state index contributed by atoms with van der Waals surface area (Å²) in [5, 5.41) is 11.8. The predicted octanol–water partition coefficient (Wildman–Crippen LogP) is 1.16. The highest BCUT2D eigenvalue weighted by Gasteiger charge is 2.23. The van der Waals surface area contributed by atoms with E-state index >= 15 is 0 Å². The molecule has 1 amide bonds. The molecule has 0 unspecified atom stereocenters. The molecule has 1 fully saturated rings. The van der Waals surface area contributed by atoms with Crippen LogP contribution in [0.15, 0.2) is 30.0 Å². The Kier molecular flexibility index (Phi) is 2.39. The molecule has 4 nitrogen and oxygen atoms in total. The second-order valence-electron chi connectivity index (χ2n) is 2.91. The summed E-state index contributed by atoms with van der Waals surface area (Å²) in [6.07, 6.45) is 1.43. The van der Waals surface area contributed by atoms with Gasteiger partial charge in [-0.1, -0.05) is 18.2 Å². The number of hydrogen-bond donors (Lipinski definition) is 2. The van der Waals surface area contributed by atoms with E-state index in [9.17, 15) is 9.90 Å². The second-order valence-corrected chi connectivity index (χ2v) is 3.28. The van der Waals surface area contributed by atoms with Crippen LogP contribution >= 0.6 is 12.2 Å². The number of nitrogens with one attached hydrogen (secondary N) is 1. The van der Waals surface area contributed by atoms with Gasteiger partial charge in [0.05, 0.1) is 0 Å². The number of phenols is 1. The summed E-state index contributed by atoms with van der Waals surface area (Å²) in [6.45, 7) is 0. The molecular formula is C10H7NO3S. The van der Waals surface area contributed by atoms with Crippen molar-refractivity contribution in [3.63, 3.8) is 0 Å². The molecule has 1 saturated heterocycles. The maximum atomic E-state index is 11.2. The van der Waals surface area contributed by atoms with E-state index in [0.29, 0.717) is 5.56 Å². The van der Waals surface area contributed by atoms with Gasteiger partial charge >= 0.3 is 0 Å². The van der Waals surface area contributed by atoms with Crippen molar-refractivity contribution in [1.29, 1.82) is 0 Å². The van der Waals surface area contributed by atoms with Gasteiger partial charge in [0, 0.05) is 5.56 Å². The normalized spacial score (nSPS) is 17.7. The molecule has 1 aliphatic rings. The molecule has 76 valence electrons. The summed E-state index contributed by atoms with van der Waals surface area (Å²) in [5.74, 6) is -0.232. The maximum Gasteiger partial charge on any atom is 0.294 e. The number of carbonyl (C=O) groups is 1. The molecule has 0 radical (unpaired) electrons. The van der Waals surface area contributed by atoms with Gasteiger partial charge in [0.15, 0.2) is 5.76 Å². The van der Waals surface area contributed by atoms with E-state index in [-0.39, 0.29) is 16.7 Å². The Bertz CT molecular complexity index is 467. The number of phenolic OH excluding ortho intramolecular Hbond substituents is 1. The Morgan fingerprint density at radius 2 is 2.13 bits per heavy atom. The van der Waals surface area contributed by atoms with Gasteiger partial charge in [0.25, 0.3) is 11.1 Å². The topological polar surface area (TPSA) is 58.6 Å². The molecule has 1 aliphatic heterocycles. The van der Waals surface area contributed by atoms with E-state index in [4.69, 9.17) is 4.74 Å². The maximum absolute atomic E-state index is 11.2. The Hall–Kier alpha value is -1.88. The minimum absolute atomic E-state index is 0.0293. The van der Waals surface area contributed by atoms with Crippen molar-refractivity contribution in [2.24, 2.45) is 0 Å². The van der Waals surface area contributed by atoms with Crippen LogP contribution in [0.2, 0.25) is 0 Å². The SMILES string of the molecule is O=C1NC(=S)OC1=Cc1ccccc1O. The summed E-state index contributed by atoms with van der Waals surface area (Å²) >= 11 is 4.66. The zero-order chi connectivity index (χ0) is 10.8. The van der Waals surface area contributed by atoms with Crippen LogP contribution in [0.25, 0.3) is 6.08 Å². The van der Waals surface area contributed by atoms with Crippen LogP contribution in [0.3, 0.4) is 0 Å². The Morgan fingerprint density at radius 1 is 1.40 bits per heavy atom. The zero-order valence-electron chi connectivity index (χ0n) is 7.56. The monoisotopic (exact) mass is 221 g/mol. The molecule has 0 bridgehead atoms. The Balaban J connectivity index is 2.35. The van der Waals surface area contributed by atoms with Gasteiger partial charge in [0.2, 0.25) is 0 Å². The van der Waals surface area contributed by atoms with Crippen molar-refractivity contribution in [2.75, 3.05) is 0 Å². The first-order chi connectivity index (χ1) is 7.16. The summed E-state index contributed by atoms with van der Waals surface area (Å²) in [6, 6.07) is 6.63. The first kappa shape index (κ1) is 9.67. The number of amides is 1. The first-order valence-electron chi connectivity index (χ1n) is 4.19. The van der Waals surface area contributed by atoms with Crippen LogP contribution in [0.4, 0.5) is 0 Å². The standard InChI is InChI=1S/C10H7NO3S/c12-7-4-2-1-3-6(7)5-8-9(13)11-10(15)14-8/h1-5,12H,(H,11,13,15). The average Bonchev–Trinajstić information content (AvgIpc) is 2.49. The van der Waals surface area contributed by atoms with Crippen molar-refractivity contribution >= 4 is 29.4 Å². The average molecular weight is 221 g/mol. The lowest BCUT2D eigenvalue weighted by molar-refractivity contribution is -0.116. The molecule has 15 heavy (non-hydrogen) atoms. The summed E-state index contributed by atoms with van der Waals surface area (Å²) in [4.78, 5) is 11.2. The van der Waals surface area contributed by atoms with E-state index in [1.165, 1.54) is 12.1 Å². The van der Waals surface area contributed by atoms with Crippen LogP contribution in [0, 0.1) is 0 Å². The second kappa shape index (κ2) is 3.70. The molecule has 1 aromatic carbocycles. The van der Waals surface area contributed by atoms with Crippen LogP contribution in [-0.4, -0.2) is 16.2 Å². The smallest absolute Gasteiger partial charge is 0.294 e. The van der Waals surface area contributed by atoms with Crippen molar-refractivity contribution in [3.05, 3.63) is 35.6 Å². The molecule has 5 heteroatoms. The molecule has 0 aliphatic carbocycles. The van der Waals surface area contributed by atoms with Crippen LogP contribution in [0.5, 0.6) is 5.75 Å². The lowest BCUT2D eigenvalue weighted by Crippen LogP contribution is -2.18. The summed E-state index contributed by atoms with van der Waals surface area (Å²) in [7, 11) is 0. The van der Waals surface area contributed by atoms with E-state index in [1.54, 1.807) is 18.2 Å². The molecule has 1 heterocycles. The van der Waals surface area contributed by atoms with E-state index in [2.05, 4.69) is 17.5 Å². The molecule has 2 N–H and O–H groups in total. The number of hydrogen-bond acceptors (Lipinski definition) is 4. The predicted molar refractivity (Wildman–Crippen MR) is 57.9 cm³/mol. The fraction of sp³-hybridized carbons (Fsp3) is 0. The fourth-order valence-electron chi connectivity index (χ4n) is 1.17. The van der Waals surface area contributed by atoms with Crippen molar-refractivity contribution in [1.82, 2.24) is 5.32 Å². The van der Waals surface area contributed by atoms with Gasteiger partial charge in [-0.25, -0.2) is 0 Å². The number of para-hydroxylation sites is 1. The van der Waals surface area contributed by atoms with Gasteiger partial charge in [-0.15, -0.1) is 0 Å². The van der Waals surface area contributed by atoms with Gasteiger partial charge in [-0.2, -0.15) is 0 Å². The zero-order valence-corrected chi connectivity index (χ0v) is 8.38. The van der Waals surface area contributed by atoms with Gasteiger partial charge < -0.3 is 9.84 Å². The largest absolute Gasteiger partial charge is 0.507 e. The first-order valence-corrected chi connectivity index (χ1v) is 4.60. The van der Waals surface area contributed by atoms with Gasteiger partial charge in [-0.05, 0) is 24.4 Å². The lowest BCUT2D eigenvalue weighted by Gasteiger charge is -1.98. The molecule has 2 rings (SSSR count). The minimum Gasteiger partial charge on any atom is -0.507 e. The van der Waals surface area contributed by atoms with Crippen LogP contribution in [0.1, 0.15) is 5.56 Å². The summed E-state index contributed by atoms with van der Waals surface area (Å²) < 4.78 is 4.95. The highest BCUT2D eigenvalue weighted by molar-refractivity contribution is 7.80. The highest BCUT2D eigenvalue weighted by Crippen LogP contribution is 2.20. The Morgan fingerprint density at radius 3 is 2.73 bits per heavy atom. The number of carbonyl (C=O) groups excluding carboxylic acids is 1. The van der Waals surface area contributed by atoms with E-state index < -0.39 is 5.91 Å². The number of benzene rings is 1. The van der Waals surface area contributed by atoms with Gasteiger partial charge in [0.1, 0.15) is 5.75 Å². The van der Waals surface area contributed by atoms with Crippen molar-refractivity contribution in [2.45, 2.75) is 0 Å². The minimum atomic E-state index is -0.400. The third-order valence-electron chi connectivity index (χ3n) is 1.87. The highest BCUT2D eigenvalue weighted by atomic mass is 32.1. The number of rotatable bonds is 1. The van der Waals surface area contributed by atoms with Crippen molar-refractivity contribution < 1.29 is 14.6 Å². The molecule has 0 aromatic heterocycles. The lowest BCUT2D eigenvalue weighted by atomic mass is 10.2. The van der Waals surface area contributed by atoms with Crippen LogP contribution in [-0.2, 0) is 9.53 Å². The third-order valence-corrected chi connectivity index (χ3v) is 2.05. The van der Waals surface area contributed by atoms with Crippen molar-refractivity contribution in [3.8, 4) is 5.75 Å². The summed E-state index contributed by atoms with van der Waals surface area (Å²) in [5.41, 5.74) is 0.507. The number of thiocarbonyl (C=S) groups is 1. The molecule has 1 aromatic rings. The van der Waals surface area contributed by atoms with Crippen LogP contribution < -0.4 is 5.32 Å². The van der Waals surface area contributed by atoms with E-state index in [0.717, 1.165) is 0 Å². The van der Waals surface area contributed by atoms with Gasteiger partial charge in [-0.3, -0.25) is 10.1 Å². The van der Waals surface area contributed by atoms with E-state index in [1.807, 2.05) is 0 Å². The fourth-order valence-corrected chi connectivity index (χ4v) is 1.35. The number of ether oxygens (including phenoxy) is 1. The molecule has 0 spiro atoms. The number of aromatic hydroxyl groups is 1. The molecule has 0 saturated carbocycles. The molecule has 0 atom stereocenters.